The topological polar surface area (TPSA) is 79.8 Å². The SMILES string of the molecule is O=C(NCCCc1ccccc1)c1ccnc(NCc2ccccn2)n1. The molecule has 0 radical (unpaired) electrons. The van der Waals surface area contributed by atoms with Gasteiger partial charge in [0.15, 0.2) is 0 Å². The molecule has 0 saturated carbocycles. The molecule has 1 aromatic carbocycles. The second-order valence-corrected chi connectivity index (χ2v) is 5.79. The first-order valence-corrected chi connectivity index (χ1v) is 8.60. The van der Waals surface area contributed by atoms with Crippen LogP contribution < -0.4 is 10.6 Å². The summed E-state index contributed by atoms with van der Waals surface area (Å²) < 4.78 is 0. The summed E-state index contributed by atoms with van der Waals surface area (Å²) in [6, 6.07) is 17.5. The van der Waals surface area contributed by atoms with Crippen molar-refractivity contribution >= 4 is 11.9 Å². The van der Waals surface area contributed by atoms with E-state index in [9.17, 15) is 4.79 Å². The van der Waals surface area contributed by atoms with Crippen molar-refractivity contribution < 1.29 is 4.79 Å². The summed E-state index contributed by atoms with van der Waals surface area (Å²) >= 11 is 0. The smallest absolute Gasteiger partial charge is 0.270 e. The van der Waals surface area contributed by atoms with Gasteiger partial charge < -0.3 is 10.6 Å². The van der Waals surface area contributed by atoms with Gasteiger partial charge in [-0.3, -0.25) is 9.78 Å². The Morgan fingerprint density at radius 2 is 1.77 bits per heavy atom. The van der Waals surface area contributed by atoms with Crippen LogP contribution in [0.25, 0.3) is 0 Å². The fraction of sp³-hybridized carbons (Fsp3) is 0.200. The minimum absolute atomic E-state index is 0.193. The lowest BCUT2D eigenvalue weighted by Crippen LogP contribution is -2.26. The highest BCUT2D eigenvalue weighted by atomic mass is 16.1. The molecule has 0 bridgehead atoms. The maximum atomic E-state index is 12.2. The summed E-state index contributed by atoms with van der Waals surface area (Å²) in [4.78, 5) is 24.9. The van der Waals surface area contributed by atoms with Gasteiger partial charge in [0.25, 0.3) is 5.91 Å². The van der Waals surface area contributed by atoms with Crippen LogP contribution >= 0.6 is 0 Å². The molecule has 0 aliphatic rings. The van der Waals surface area contributed by atoms with Gasteiger partial charge in [0, 0.05) is 18.9 Å². The van der Waals surface area contributed by atoms with Crippen LogP contribution in [0.2, 0.25) is 0 Å². The number of anilines is 1. The number of carbonyl (C=O) groups is 1. The molecule has 2 N–H and O–H groups in total. The molecule has 2 aromatic heterocycles. The maximum absolute atomic E-state index is 12.2. The highest BCUT2D eigenvalue weighted by molar-refractivity contribution is 5.92. The van der Waals surface area contributed by atoms with Gasteiger partial charge in [-0.2, -0.15) is 0 Å². The predicted octanol–water partition coefficient (Wildman–Crippen LogP) is 2.85. The molecule has 0 spiro atoms. The first-order valence-electron chi connectivity index (χ1n) is 8.60. The molecule has 26 heavy (non-hydrogen) atoms. The third-order valence-corrected chi connectivity index (χ3v) is 3.81. The molecule has 6 heteroatoms. The first-order chi connectivity index (χ1) is 12.8. The minimum Gasteiger partial charge on any atom is -0.351 e. The summed E-state index contributed by atoms with van der Waals surface area (Å²) in [5, 5.41) is 5.98. The van der Waals surface area contributed by atoms with Gasteiger partial charge in [0.05, 0.1) is 12.2 Å². The number of amides is 1. The van der Waals surface area contributed by atoms with E-state index in [-0.39, 0.29) is 5.91 Å². The average Bonchev–Trinajstić information content (AvgIpc) is 2.71. The lowest BCUT2D eigenvalue weighted by Gasteiger charge is -2.07. The van der Waals surface area contributed by atoms with E-state index in [4.69, 9.17) is 0 Å². The second-order valence-electron chi connectivity index (χ2n) is 5.79. The standard InChI is InChI=1S/C20H21N5O/c26-19(22-13-6-9-16-7-2-1-3-8-16)18-11-14-23-20(25-18)24-15-17-10-4-5-12-21-17/h1-5,7-8,10-12,14H,6,9,13,15H2,(H,22,26)(H,23,24,25). The van der Waals surface area contributed by atoms with E-state index >= 15 is 0 Å². The molecule has 0 fully saturated rings. The van der Waals surface area contributed by atoms with Crippen LogP contribution in [0.15, 0.2) is 67.0 Å². The number of aromatic nitrogens is 3. The number of hydrogen-bond acceptors (Lipinski definition) is 5. The number of benzene rings is 1. The van der Waals surface area contributed by atoms with E-state index in [2.05, 4.69) is 37.7 Å². The van der Waals surface area contributed by atoms with E-state index < -0.39 is 0 Å². The number of carbonyl (C=O) groups excluding carboxylic acids is 1. The molecule has 3 rings (SSSR count). The van der Waals surface area contributed by atoms with Gasteiger partial charge in [-0.1, -0.05) is 36.4 Å². The number of nitrogens with zero attached hydrogens (tertiary/aromatic N) is 3. The van der Waals surface area contributed by atoms with Crippen LogP contribution in [0.4, 0.5) is 5.95 Å². The monoisotopic (exact) mass is 347 g/mol. The van der Waals surface area contributed by atoms with Crippen molar-refractivity contribution in [3.8, 4) is 0 Å². The predicted molar refractivity (Wildman–Crippen MR) is 101 cm³/mol. The summed E-state index contributed by atoms with van der Waals surface area (Å²) in [5.74, 6) is 0.217. The van der Waals surface area contributed by atoms with Gasteiger partial charge in [0.1, 0.15) is 5.69 Å². The highest BCUT2D eigenvalue weighted by Gasteiger charge is 2.08. The van der Waals surface area contributed by atoms with Crippen molar-refractivity contribution in [3.63, 3.8) is 0 Å². The molecule has 0 unspecified atom stereocenters. The minimum atomic E-state index is -0.193. The molecule has 3 aromatic rings. The van der Waals surface area contributed by atoms with Crippen molar-refractivity contribution in [2.45, 2.75) is 19.4 Å². The molecule has 132 valence electrons. The van der Waals surface area contributed by atoms with Gasteiger partial charge in [-0.05, 0) is 36.6 Å². The molecule has 0 atom stereocenters. The number of nitrogens with one attached hydrogen (secondary N) is 2. The maximum Gasteiger partial charge on any atom is 0.270 e. The molecule has 0 aliphatic heterocycles. The highest BCUT2D eigenvalue weighted by Crippen LogP contribution is 2.04. The third-order valence-electron chi connectivity index (χ3n) is 3.81. The van der Waals surface area contributed by atoms with Gasteiger partial charge in [-0.25, -0.2) is 9.97 Å². The largest absolute Gasteiger partial charge is 0.351 e. The Morgan fingerprint density at radius 1 is 0.923 bits per heavy atom. The Labute approximate surface area is 152 Å². The zero-order valence-electron chi connectivity index (χ0n) is 14.4. The van der Waals surface area contributed by atoms with Crippen molar-refractivity contribution in [2.75, 3.05) is 11.9 Å². The van der Waals surface area contributed by atoms with Crippen molar-refractivity contribution in [1.82, 2.24) is 20.3 Å². The van der Waals surface area contributed by atoms with E-state index in [1.54, 1.807) is 18.5 Å². The van der Waals surface area contributed by atoms with Crippen molar-refractivity contribution in [3.05, 3.63) is 83.9 Å². The van der Waals surface area contributed by atoms with E-state index in [1.165, 1.54) is 5.56 Å². The van der Waals surface area contributed by atoms with E-state index in [1.807, 2.05) is 36.4 Å². The van der Waals surface area contributed by atoms with Crippen LogP contribution in [-0.2, 0) is 13.0 Å². The molecule has 6 nitrogen and oxygen atoms in total. The van der Waals surface area contributed by atoms with Crippen molar-refractivity contribution in [1.29, 1.82) is 0 Å². The summed E-state index contributed by atoms with van der Waals surface area (Å²) in [7, 11) is 0. The van der Waals surface area contributed by atoms with Crippen LogP contribution in [0.3, 0.4) is 0 Å². The van der Waals surface area contributed by atoms with E-state index in [0.717, 1.165) is 18.5 Å². The average molecular weight is 347 g/mol. The van der Waals surface area contributed by atoms with Crippen LogP contribution in [-0.4, -0.2) is 27.4 Å². The second kappa shape index (κ2) is 9.27. The Bertz CT molecular complexity index is 824. The molecular formula is C20H21N5O. The number of pyridine rings is 1. The molecular weight excluding hydrogens is 326 g/mol. The number of aryl methyl sites for hydroxylation is 1. The van der Waals surface area contributed by atoms with Gasteiger partial charge >= 0.3 is 0 Å². The fourth-order valence-corrected chi connectivity index (χ4v) is 2.47. The first kappa shape index (κ1) is 17.5. The summed E-state index contributed by atoms with van der Waals surface area (Å²) in [6.45, 7) is 1.11. The fourth-order valence-electron chi connectivity index (χ4n) is 2.47. The van der Waals surface area contributed by atoms with Gasteiger partial charge in [-0.15, -0.1) is 0 Å². The summed E-state index contributed by atoms with van der Waals surface area (Å²) in [5.41, 5.74) is 2.50. The Morgan fingerprint density at radius 3 is 2.58 bits per heavy atom. The Kier molecular flexibility index (Phi) is 6.25. The van der Waals surface area contributed by atoms with Gasteiger partial charge in [0.2, 0.25) is 5.95 Å². The number of rotatable bonds is 8. The molecule has 0 saturated heterocycles. The lowest BCUT2D eigenvalue weighted by atomic mass is 10.1. The Balaban J connectivity index is 1.46. The van der Waals surface area contributed by atoms with Crippen molar-refractivity contribution in [2.24, 2.45) is 0 Å². The summed E-state index contributed by atoms with van der Waals surface area (Å²) in [6.07, 6.45) is 5.12. The van der Waals surface area contributed by atoms with E-state index in [0.29, 0.717) is 24.7 Å². The molecule has 1 amide bonds. The normalized spacial score (nSPS) is 10.3. The third kappa shape index (κ3) is 5.37. The van der Waals surface area contributed by atoms with Crippen LogP contribution in [0.1, 0.15) is 28.2 Å². The zero-order valence-corrected chi connectivity index (χ0v) is 14.4. The molecule has 2 heterocycles. The Hall–Kier alpha value is -3.28. The van der Waals surface area contributed by atoms with Crippen LogP contribution in [0, 0.1) is 0 Å². The quantitative estimate of drug-likeness (QED) is 0.613. The number of hydrogen-bond donors (Lipinski definition) is 2. The lowest BCUT2D eigenvalue weighted by molar-refractivity contribution is 0.0948. The van der Waals surface area contributed by atoms with Crippen LogP contribution in [0.5, 0.6) is 0 Å². The molecule has 0 aliphatic carbocycles. The zero-order chi connectivity index (χ0) is 18.0.